The van der Waals surface area contributed by atoms with Crippen LogP contribution < -0.4 is 16.4 Å². The summed E-state index contributed by atoms with van der Waals surface area (Å²) in [4.78, 5) is 33.0. The number of nitrogens with two attached hydrogens (primary N) is 1. The molecule has 2 unspecified atom stereocenters. The first-order valence-electron chi connectivity index (χ1n) is 5.82. The molecule has 0 aliphatic carbocycles. The first-order chi connectivity index (χ1) is 8.23. The number of primary amides is 1. The Balaban J connectivity index is 4.16. The summed E-state index contributed by atoms with van der Waals surface area (Å²) in [6.07, 6.45) is 0.302. The average molecular weight is 259 g/mol. The predicted octanol–water partition coefficient (Wildman–Crippen LogP) is 0.0488. The fourth-order valence-corrected chi connectivity index (χ4v) is 1.39. The van der Waals surface area contributed by atoms with E-state index in [1.807, 2.05) is 0 Å². The summed E-state index contributed by atoms with van der Waals surface area (Å²) in [5.74, 6) is -1.62. The first kappa shape index (κ1) is 16.2. The van der Waals surface area contributed by atoms with Crippen LogP contribution in [0.1, 0.15) is 33.6 Å². The molecule has 5 N–H and O–H groups in total. The average Bonchev–Trinajstić information content (AvgIpc) is 2.22. The zero-order valence-electron chi connectivity index (χ0n) is 10.9. The van der Waals surface area contributed by atoms with Gasteiger partial charge in [0.25, 0.3) is 0 Å². The number of aliphatic carboxylic acids is 1. The zero-order valence-corrected chi connectivity index (χ0v) is 10.9. The van der Waals surface area contributed by atoms with Crippen LogP contribution in [0.3, 0.4) is 0 Å². The number of rotatable bonds is 7. The number of carbonyl (C=O) groups excluding carboxylic acids is 2. The molecule has 3 amide bonds. The zero-order chi connectivity index (χ0) is 14.3. The Hall–Kier alpha value is -1.79. The van der Waals surface area contributed by atoms with Crippen LogP contribution in [0.2, 0.25) is 0 Å². The van der Waals surface area contributed by atoms with Crippen LogP contribution in [0.15, 0.2) is 0 Å². The third kappa shape index (κ3) is 6.72. The number of hydrogen-bond acceptors (Lipinski definition) is 3. The van der Waals surface area contributed by atoms with E-state index >= 15 is 0 Å². The van der Waals surface area contributed by atoms with Crippen LogP contribution in [-0.4, -0.2) is 35.1 Å². The van der Waals surface area contributed by atoms with E-state index in [0.717, 1.165) is 0 Å². The first-order valence-corrected chi connectivity index (χ1v) is 5.82. The summed E-state index contributed by atoms with van der Waals surface area (Å²) < 4.78 is 0. The van der Waals surface area contributed by atoms with Crippen molar-refractivity contribution in [3.05, 3.63) is 0 Å². The number of carboxylic acids is 1. The van der Waals surface area contributed by atoms with Crippen LogP contribution >= 0.6 is 0 Å². The molecule has 0 aromatic rings. The van der Waals surface area contributed by atoms with E-state index in [0.29, 0.717) is 6.42 Å². The van der Waals surface area contributed by atoms with Crippen molar-refractivity contribution in [2.45, 2.75) is 45.7 Å². The Morgan fingerprint density at radius 1 is 1.17 bits per heavy atom. The maximum absolute atomic E-state index is 11.5. The van der Waals surface area contributed by atoms with Gasteiger partial charge < -0.3 is 21.5 Å². The summed E-state index contributed by atoms with van der Waals surface area (Å²) in [6, 6.07) is -1.55. The second-order valence-corrected chi connectivity index (χ2v) is 4.58. The van der Waals surface area contributed by atoms with Crippen LogP contribution in [-0.2, 0) is 9.59 Å². The predicted molar refractivity (Wildman–Crippen MR) is 65.8 cm³/mol. The molecular formula is C11H21N3O4. The number of amides is 3. The maximum atomic E-state index is 11.5. The van der Waals surface area contributed by atoms with Gasteiger partial charge in [-0.2, -0.15) is 0 Å². The maximum Gasteiger partial charge on any atom is 0.315 e. The van der Waals surface area contributed by atoms with Gasteiger partial charge in [-0.05, 0) is 19.3 Å². The molecule has 18 heavy (non-hydrogen) atoms. The van der Waals surface area contributed by atoms with E-state index in [9.17, 15) is 14.4 Å². The summed E-state index contributed by atoms with van der Waals surface area (Å²) in [7, 11) is 0. The van der Waals surface area contributed by atoms with Gasteiger partial charge in [0, 0.05) is 12.5 Å². The van der Waals surface area contributed by atoms with Crippen molar-refractivity contribution in [1.29, 1.82) is 0 Å². The van der Waals surface area contributed by atoms with Gasteiger partial charge in [-0.15, -0.1) is 0 Å². The van der Waals surface area contributed by atoms with Crippen molar-refractivity contribution < 1.29 is 19.5 Å². The normalized spacial score (nSPS) is 13.8. The topological polar surface area (TPSA) is 122 Å². The van der Waals surface area contributed by atoms with E-state index in [1.165, 1.54) is 0 Å². The minimum Gasteiger partial charge on any atom is -0.481 e. The largest absolute Gasteiger partial charge is 0.481 e. The SMILES string of the molecule is CC(CCC(=O)O)NC(=O)NC(C(N)=O)C(C)C. The number of hydrogen-bond donors (Lipinski definition) is 4. The van der Waals surface area contributed by atoms with Gasteiger partial charge in [0.1, 0.15) is 6.04 Å². The van der Waals surface area contributed by atoms with E-state index in [-0.39, 0.29) is 18.4 Å². The fourth-order valence-electron chi connectivity index (χ4n) is 1.39. The van der Waals surface area contributed by atoms with Crippen LogP contribution in [0.25, 0.3) is 0 Å². The van der Waals surface area contributed by atoms with Crippen molar-refractivity contribution in [2.75, 3.05) is 0 Å². The van der Waals surface area contributed by atoms with Gasteiger partial charge in [-0.25, -0.2) is 4.79 Å². The number of urea groups is 1. The molecule has 0 bridgehead atoms. The monoisotopic (exact) mass is 259 g/mol. The molecule has 7 heteroatoms. The Bertz CT molecular complexity index is 317. The van der Waals surface area contributed by atoms with E-state index < -0.39 is 23.9 Å². The molecule has 0 saturated carbocycles. The van der Waals surface area contributed by atoms with Gasteiger partial charge in [-0.1, -0.05) is 13.8 Å². The third-order valence-corrected chi connectivity index (χ3v) is 2.43. The highest BCUT2D eigenvalue weighted by molar-refractivity contribution is 5.86. The lowest BCUT2D eigenvalue weighted by Gasteiger charge is -2.21. The summed E-state index contributed by atoms with van der Waals surface area (Å²) in [5.41, 5.74) is 5.16. The molecule has 0 aromatic carbocycles. The smallest absolute Gasteiger partial charge is 0.315 e. The van der Waals surface area contributed by atoms with Crippen molar-refractivity contribution in [3.8, 4) is 0 Å². The third-order valence-electron chi connectivity index (χ3n) is 2.43. The molecule has 0 rings (SSSR count). The molecule has 7 nitrogen and oxygen atoms in total. The van der Waals surface area contributed by atoms with E-state index in [1.54, 1.807) is 20.8 Å². The van der Waals surface area contributed by atoms with Gasteiger partial charge in [-0.3, -0.25) is 9.59 Å². The standard InChI is InChI=1S/C11H21N3O4/c1-6(2)9(10(12)17)14-11(18)13-7(3)4-5-8(15)16/h6-7,9H,4-5H2,1-3H3,(H2,12,17)(H,15,16)(H2,13,14,18). The molecule has 104 valence electrons. The highest BCUT2D eigenvalue weighted by Crippen LogP contribution is 2.01. The summed E-state index contributed by atoms with van der Waals surface area (Å²) in [5, 5.41) is 13.5. The quantitative estimate of drug-likeness (QED) is 0.516. The van der Waals surface area contributed by atoms with Crippen molar-refractivity contribution in [3.63, 3.8) is 0 Å². The van der Waals surface area contributed by atoms with Crippen LogP contribution in [0, 0.1) is 5.92 Å². The molecule has 0 aromatic heterocycles. The highest BCUT2D eigenvalue weighted by Gasteiger charge is 2.22. The second-order valence-electron chi connectivity index (χ2n) is 4.58. The lowest BCUT2D eigenvalue weighted by molar-refractivity contribution is -0.137. The molecule has 2 atom stereocenters. The van der Waals surface area contributed by atoms with Gasteiger partial charge in [0.05, 0.1) is 0 Å². The van der Waals surface area contributed by atoms with Crippen LogP contribution in [0.5, 0.6) is 0 Å². The van der Waals surface area contributed by atoms with Gasteiger partial charge in [0.2, 0.25) is 5.91 Å². The Morgan fingerprint density at radius 2 is 1.72 bits per heavy atom. The van der Waals surface area contributed by atoms with E-state index in [2.05, 4.69) is 10.6 Å². The molecular weight excluding hydrogens is 238 g/mol. The number of nitrogens with one attached hydrogen (secondary N) is 2. The Labute approximate surface area is 106 Å². The molecule has 0 radical (unpaired) electrons. The van der Waals surface area contributed by atoms with Crippen molar-refractivity contribution in [1.82, 2.24) is 10.6 Å². The molecule has 0 aliphatic rings. The molecule has 0 aliphatic heterocycles. The van der Waals surface area contributed by atoms with Crippen molar-refractivity contribution >= 4 is 17.9 Å². The Kier molecular flexibility index (Phi) is 6.77. The minimum atomic E-state index is -0.916. The fraction of sp³-hybridized carbons (Fsp3) is 0.727. The lowest BCUT2D eigenvalue weighted by atomic mass is 10.0. The summed E-state index contributed by atoms with van der Waals surface area (Å²) >= 11 is 0. The highest BCUT2D eigenvalue weighted by atomic mass is 16.4. The molecule has 0 saturated heterocycles. The molecule has 0 fully saturated rings. The molecule has 0 heterocycles. The van der Waals surface area contributed by atoms with Gasteiger partial charge in [0.15, 0.2) is 0 Å². The van der Waals surface area contributed by atoms with Crippen molar-refractivity contribution in [2.24, 2.45) is 11.7 Å². The minimum absolute atomic E-state index is 0.0229. The molecule has 0 spiro atoms. The van der Waals surface area contributed by atoms with E-state index in [4.69, 9.17) is 10.8 Å². The number of carbonyl (C=O) groups is 3. The second kappa shape index (κ2) is 7.52. The Morgan fingerprint density at radius 3 is 2.11 bits per heavy atom. The lowest BCUT2D eigenvalue weighted by Crippen LogP contribution is -2.52. The number of carboxylic acid groups (broad SMARTS) is 1. The van der Waals surface area contributed by atoms with Crippen LogP contribution in [0.4, 0.5) is 4.79 Å². The van der Waals surface area contributed by atoms with Gasteiger partial charge >= 0.3 is 12.0 Å². The summed E-state index contributed by atoms with van der Waals surface area (Å²) in [6.45, 7) is 5.23.